The molecule has 1 aliphatic rings. The third kappa shape index (κ3) is 4.11. The number of hydrogen-bond acceptors (Lipinski definition) is 7. The molecule has 3 N–H and O–H groups in total. The summed E-state index contributed by atoms with van der Waals surface area (Å²) in [4.78, 5) is 18.2. The van der Waals surface area contributed by atoms with E-state index in [0.29, 0.717) is 22.8 Å². The number of nitriles is 1. The van der Waals surface area contributed by atoms with Crippen molar-refractivity contribution >= 4 is 40.2 Å². The average molecular weight is 421 g/mol. The molecular formula is C21H21ClN8. The molecule has 3 aromatic rings. The average Bonchev–Trinajstić information content (AvgIpc) is 3.43. The summed E-state index contributed by atoms with van der Waals surface area (Å²) in [7, 11) is 0. The Labute approximate surface area is 179 Å². The third-order valence-electron chi connectivity index (χ3n) is 5.37. The lowest BCUT2D eigenvalue weighted by Crippen LogP contribution is -2.35. The summed E-state index contributed by atoms with van der Waals surface area (Å²) < 4.78 is 0. The zero-order chi connectivity index (χ0) is 20.9. The van der Waals surface area contributed by atoms with E-state index in [1.165, 1.54) is 12.5 Å². The van der Waals surface area contributed by atoms with Crippen molar-refractivity contribution in [3.63, 3.8) is 0 Å². The smallest absolute Gasteiger partial charge is 0.141 e. The van der Waals surface area contributed by atoms with Crippen molar-refractivity contribution in [2.24, 2.45) is 5.92 Å². The molecule has 0 amide bonds. The van der Waals surface area contributed by atoms with Crippen molar-refractivity contribution in [1.82, 2.24) is 25.3 Å². The Bertz CT molecular complexity index is 1120. The second kappa shape index (κ2) is 8.93. The maximum Gasteiger partial charge on any atom is 0.141 e. The molecule has 2 unspecified atom stereocenters. The van der Waals surface area contributed by atoms with E-state index in [-0.39, 0.29) is 12.0 Å². The van der Waals surface area contributed by atoms with Gasteiger partial charge in [-0.05, 0) is 30.5 Å². The van der Waals surface area contributed by atoms with Crippen LogP contribution in [0.2, 0.25) is 5.15 Å². The maximum absolute atomic E-state index is 9.35. The Hall–Kier alpha value is -3.44. The van der Waals surface area contributed by atoms with Gasteiger partial charge in [0.25, 0.3) is 0 Å². The predicted octanol–water partition coefficient (Wildman–Crippen LogP) is 3.40. The van der Waals surface area contributed by atoms with Gasteiger partial charge in [-0.25, -0.2) is 15.0 Å². The van der Waals surface area contributed by atoms with Crippen LogP contribution in [0.25, 0.3) is 16.6 Å². The molecule has 2 atom stereocenters. The monoisotopic (exact) mass is 420 g/mol. The molecule has 0 aliphatic carbocycles. The lowest BCUT2D eigenvalue weighted by atomic mass is 9.96. The Morgan fingerprint density at radius 1 is 1.43 bits per heavy atom. The quantitative estimate of drug-likeness (QED) is 0.398. The summed E-state index contributed by atoms with van der Waals surface area (Å²) in [6.07, 6.45) is 7.63. The lowest BCUT2D eigenvalue weighted by molar-refractivity contribution is 0.418. The van der Waals surface area contributed by atoms with E-state index in [4.69, 9.17) is 17.0 Å². The molecule has 1 saturated heterocycles. The first-order valence-electron chi connectivity index (χ1n) is 9.69. The van der Waals surface area contributed by atoms with E-state index in [0.717, 1.165) is 36.4 Å². The van der Waals surface area contributed by atoms with E-state index < -0.39 is 0 Å². The van der Waals surface area contributed by atoms with Gasteiger partial charge in [0.1, 0.15) is 22.9 Å². The Kier molecular flexibility index (Phi) is 5.91. The van der Waals surface area contributed by atoms with Gasteiger partial charge in [0, 0.05) is 48.7 Å². The molecule has 152 valence electrons. The van der Waals surface area contributed by atoms with Gasteiger partial charge in [-0.1, -0.05) is 17.7 Å². The van der Waals surface area contributed by atoms with Crippen LogP contribution in [0.15, 0.2) is 43.0 Å². The van der Waals surface area contributed by atoms with Crippen molar-refractivity contribution in [3.05, 3.63) is 53.8 Å². The van der Waals surface area contributed by atoms with Gasteiger partial charge in [-0.15, -0.1) is 0 Å². The zero-order valence-corrected chi connectivity index (χ0v) is 17.0. The maximum atomic E-state index is 9.35. The van der Waals surface area contributed by atoms with Crippen molar-refractivity contribution in [1.29, 1.82) is 10.7 Å². The summed E-state index contributed by atoms with van der Waals surface area (Å²) in [5.41, 5.74) is 2.04. The number of allylic oxidation sites excluding steroid dienone is 1. The van der Waals surface area contributed by atoms with Gasteiger partial charge in [0.05, 0.1) is 18.2 Å². The first kappa shape index (κ1) is 19.9. The van der Waals surface area contributed by atoms with Gasteiger partial charge in [0.15, 0.2) is 0 Å². The summed E-state index contributed by atoms with van der Waals surface area (Å²) in [5.74, 6) is 1.12. The number of nitrogens with one attached hydrogen (secondary N) is 3. The SMILES string of the molecule is N#CCC(N/C=C(\C=N)c1ncnc2[nH]ccc12)C1CCN(c2cccc(Cl)n2)C1. The minimum Gasteiger partial charge on any atom is -0.386 e. The summed E-state index contributed by atoms with van der Waals surface area (Å²) in [6, 6.07) is 9.73. The number of rotatable bonds is 7. The molecule has 0 saturated carbocycles. The molecule has 3 aromatic heterocycles. The molecule has 0 spiro atoms. The van der Waals surface area contributed by atoms with Gasteiger partial charge in [0.2, 0.25) is 0 Å². The van der Waals surface area contributed by atoms with Crippen LogP contribution < -0.4 is 10.2 Å². The fraction of sp³-hybridized carbons (Fsp3) is 0.286. The number of nitrogens with zero attached hydrogens (tertiary/aromatic N) is 5. The number of pyridine rings is 1. The highest BCUT2D eigenvalue weighted by Gasteiger charge is 2.30. The number of anilines is 1. The zero-order valence-electron chi connectivity index (χ0n) is 16.2. The van der Waals surface area contributed by atoms with E-state index in [2.05, 4.69) is 36.2 Å². The van der Waals surface area contributed by atoms with E-state index in [1.807, 2.05) is 18.2 Å². The van der Waals surface area contributed by atoms with Crippen LogP contribution in [0.1, 0.15) is 18.5 Å². The highest BCUT2D eigenvalue weighted by Crippen LogP contribution is 2.27. The minimum absolute atomic E-state index is 0.0438. The molecule has 0 radical (unpaired) electrons. The fourth-order valence-electron chi connectivity index (χ4n) is 3.84. The Morgan fingerprint density at radius 2 is 2.33 bits per heavy atom. The van der Waals surface area contributed by atoms with Crippen molar-refractivity contribution in [3.8, 4) is 6.07 Å². The normalized spacial score (nSPS) is 17.7. The fourth-order valence-corrected chi connectivity index (χ4v) is 3.99. The van der Waals surface area contributed by atoms with Crippen LogP contribution in [-0.2, 0) is 0 Å². The Balaban J connectivity index is 1.51. The number of halogens is 1. The first-order valence-corrected chi connectivity index (χ1v) is 10.1. The van der Waals surface area contributed by atoms with Crippen LogP contribution in [-0.4, -0.2) is 45.3 Å². The van der Waals surface area contributed by atoms with Crippen LogP contribution in [0, 0.1) is 22.7 Å². The van der Waals surface area contributed by atoms with Crippen LogP contribution in [0.3, 0.4) is 0 Å². The standard InChI is InChI=1S/C21H21ClN8/c22-18-2-1-3-19(29-18)30-9-6-14(12-30)17(4-7-23)26-11-15(10-24)20-16-5-8-25-21(16)28-13-27-20/h1-3,5,8,10-11,13-14,17,24,26H,4,6,9,12H2,(H,25,27,28)/b15-11+,24-10?. The van der Waals surface area contributed by atoms with Gasteiger partial charge < -0.3 is 20.6 Å². The second-order valence-electron chi connectivity index (χ2n) is 7.15. The summed E-state index contributed by atoms with van der Waals surface area (Å²) in [5, 5.41) is 21.9. The molecule has 1 fully saturated rings. The summed E-state index contributed by atoms with van der Waals surface area (Å²) in [6.45, 7) is 1.65. The molecule has 30 heavy (non-hydrogen) atoms. The van der Waals surface area contributed by atoms with Crippen molar-refractivity contribution in [2.75, 3.05) is 18.0 Å². The molecule has 0 bridgehead atoms. The molecule has 0 aromatic carbocycles. The largest absolute Gasteiger partial charge is 0.386 e. The molecule has 1 aliphatic heterocycles. The van der Waals surface area contributed by atoms with Gasteiger partial charge in [-0.3, -0.25) is 0 Å². The van der Waals surface area contributed by atoms with Crippen LogP contribution in [0.4, 0.5) is 5.82 Å². The predicted molar refractivity (Wildman–Crippen MR) is 117 cm³/mol. The summed E-state index contributed by atoms with van der Waals surface area (Å²) >= 11 is 6.03. The minimum atomic E-state index is -0.0438. The third-order valence-corrected chi connectivity index (χ3v) is 5.58. The van der Waals surface area contributed by atoms with E-state index in [1.54, 1.807) is 18.5 Å². The second-order valence-corrected chi connectivity index (χ2v) is 7.54. The van der Waals surface area contributed by atoms with Crippen molar-refractivity contribution < 1.29 is 0 Å². The van der Waals surface area contributed by atoms with Gasteiger partial charge >= 0.3 is 0 Å². The van der Waals surface area contributed by atoms with Crippen LogP contribution >= 0.6 is 11.6 Å². The number of hydrogen-bond donors (Lipinski definition) is 3. The van der Waals surface area contributed by atoms with Gasteiger partial charge in [-0.2, -0.15) is 5.26 Å². The molecule has 4 heterocycles. The molecular weight excluding hydrogens is 400 g/mol. The van der Waals surface area contributed by atoms with Crippen molar-refractivity contribution in [2.45, 2.75) is 18.9 Å². The molecule has 9 heteroatoms. The molecule has 8 nitrogen and oxygen atoms in total. The topological polar surface area (TPSA) is 117 Å². The highest BCUT2D eigenvalue weighted by molar-refractivity contribution is 6.29. The lowest BCUT2D eigenvalue weighted by Gasteiger charge is -2.23. The number of fused-ring (bicyclic) bond motifs is 1. The first-order chi connectivity index (χ1) is 14.7. The number of aromatic amines is 1. The number of H-pyrrole nitrogens is 1. The van der Waals surface area contributed by atoms with E-state index in [9.17, 15) is 5.26 Å². The highest BCUT2D eigenvalue weighted by atomic mass is 35.5. The number of aromatic nitrogens is 4. The van der Waals surface area contributed by atoms with Crippen LogP contribution in [0.5, 0.6) is 0 Å². The Morgan fingerprint density at radius 3 is 3.13 bits per heavy atom. The van der Waals surface area contributed by atoms with E-state index >= 15 is 0 Å². The molecule has 4 rings (SSSR count).